The Morgan fingerprint density at radius 1 is 1.24 bits per heavy atom. The van der Waals surface area contributed by atoms with Crippen LogP contribution in [0.5, 0.6) is 0 Å². The van der Waals surface area contributed by atoms with E-state index in [0.717, 1.165) is 61.3 Å². The molecule has 3 N–H and O–H groups in total. The number of anilines is 2. The number of hydrogen-bond acceptors (Lipinski definition) is 7. The fraction of sp³-hybridized carbons (Fsp3) is 0.556. The Labute approximate surface area is 148 Å². The molecule has 136 valence electrons. The second-order valence-corrected chi connectivity index (χ2v) is 6.34. The smallest absolute Gasteiger partial charge is 0.222 e. The molecule has 0 bridgehead atoms. The van der Waals surface area contributed by atoms with Gasteiger partial charge in [-0.15, -0.1) is 0 Å². The zero-order valence-corrected chi connectivity index (χ0v) is 15.2. The van der Waals surface area contributed by atoms with Gasteiger partial charge in [-0.2, -0.15) is 4.98 Å². The highest BCUT2D eigenvalue weighted by Crippen LogP contribution is 2.26. The minimum absolute atomic E-state index is 0.124. The lowest BCUT2D eigenvalue weighted by atomic mass is 10.1. The van der Waals surface area contributed by atoms with Crippen LogP contribution in [0.2, 0.25) is 0 Å². The molecule has 7 heteroatoms. The summed E-state index contributed by atoms with van der Waals surface area (Å²) in [6.07, 6.45) is 0.858. The predicted octanol–water partition coefficient (Wildman–Crippen LogP) is 2.32. The number of hydrogen-bond donors (Lipinski definition) is 2. The van der Waals surface area contributed by atoms with Gasteiger partial charge in [0.05, 0.1) is 19.3 Å². The Balaban J connectivity index is 1.81. The molecule has 1 fully saturated rings. The summed E-state index contributed by atoms with van der Waals surface area (Å²) >= 11 is 0. The van der Waals surface area contributed by atoms with Crippen LogP contribution in [-0.4, -0.2) is 47.7 Å². The van der Waals surface area contributed by atoms with Gasteiger partial charge < -0.3 is 20.2 Å². The van der Waals surface area contributed by atoms with E-state index in [0.29, 0.717) is 12.5 Å². The molecule has 0 saturated carbocycles. The van der Waals surface area contributed by atoms with Crippen LogP contribution >= 0.6 is 0 Å². The summed E-state index contributed by atoms with van der Waals surface area (Å²) < 4.78 is 11.4. The molecule has 0 radical (unpaired) electrons. The van der Waals surface area contributed by atoms with Crippen LogP contribution in [0.4, 0.5) is 11.8 Å². The molecule has 3 heterocycles. The van der Waals surface area contributed by atoms with Gasteiger partial charge in [-0.1, -0.05) is 6.92 Å². The van der Waals surface area contributed by atoms with E-state index in [2.05, 4.69) is 33.2 Å². The maximum Gasteiger partial charge on any atom is 0.222 e. The van der Waals surface area contributed by atoms with Gasteiger partial charge in [-0.05, 0) is 32.4 Å². The van der Waals surface area contributed by atoms with E-state index >= 15 is 0 Å². The van der Waals surface area contributed by atoms with Gasteiger partial charge in [0.1, 0.15) is 17.3 Å². The summed E-state index contributed by atoms with van der Waals surface area (Å²) in [7, 11) is 0. The number of rotatable bonds is 6. The summed E-state index contributed by atoms with van der Waals surface area (Å²) in [5, 5.41) is 3.48. The molecule has 25 heavy (non-hydrogen) atoms. The van der Waals surface area contributed by atoms with E-state index in [1.165, 1.54) is 0 Å². The van der Waals surface area contributed by atoms with Crippen LogP contribution in [0, 0.1) is 13.8 Å². The van der Waals surface area contributed by atoms with Crippen LogP contribution in [-0.2, 0) is 11.2 Å². The second kappa shape index (κ2) is 7.84. The molecule has 0 amide bonds. The zero-order valence-electron chi connectivity index (χ0n) is 15.2. The van der Waals surface area contributed by atoms with Crippen molar-refractivity contribution in [3.05, 3.63) is 34.9 Å². The maximum atomic E-state index is 5.91. The van der Waals surface area contributed by atoms with Gasteiger partial charge >= 0.3 is 0 Å². The van der Waals surface area contributed by atoms with Gasteiger partial charge in [-0.3, -0.25) is 4.90 Å². The van der Waals surface area contributed by atoms with Crippen molar-refractivity contribution in [2.24, 2.45) is 0 Å². The van der Waals surface area contributed by atoms with Crippen molar-refractivity contribution in [3.8, 4) is 0 Å². The molecule has 0 unspecified atom stereocenters. The van der Waals surface area contributed by atoms with Gasteiger partial charge in [0, 0.05) is 30.9 Å². The van der Waals surface area contributed by atoms with Crippen LogP contribution in [0.15, 0.2) is 16.5 Å². The summed E-state index contributed by atoms with van der Waals surface area (Å²) in [5.74, 6) is 3.00. The monoisotopic (exact) mass is 345 g/mol. The minimum Gasteiger partial charge on any atom is -0.465 e. The van der Waals surface area contributed by atoms with Crippen molar-refractivity contribution in [1.29, 1.82) is 0 Å². The van der Waals surface area contributed by atoms with Crippen molar-refractivity contribution in [3.63, 3.8) is 0 Å². The Hall–Kier alpha value is -2.12. The van der Waals surface area contributed by atoms with Gasteiger partial charge in [0.2, 0.25) is 5.95 Å². The molecule has 1 aliphatic rings. The second-order valence-electron chi connectivity index (χ2n) is 6.34. The van der Waals surface area contributed by atoms with Crippen LogP contribution in [0.1, 0.15) is 35.7 Å². The van der Waals surface area contributed by atoms with E-state index in [9.17, 15) is 0 Å². The standard InChI is InChI=1S/C18H27N5O2/c1-4-14-13(3)21-18(19)22-17(14)20-11-15(16-6-5-12(2)25-16)23-7-9-24-10-8-23/h5-6,15H,4,7-11H2,1-3H3,(H3,19,20,21,22)/t15-/m0/s1. The van der Waals surface area contributed by atoms with E-state index in [1.54, 1.807) is 0 Å². The van der Waals surface area contributed by atoms with E-state index in [1.807, 2.05) is 19.9 Å². The lowest BCUT2D eigenvalue weighted by molar-refractivity contribution is 0.0143. The van der Waals surface area contributed by atoms with E-state index in [4.69, 9.17) is 14.9 Å². The number of nitrogens with two attached hydrogens (primary N) is 1. The number of furan rings is 1. The topological polar surface area (TPSA) is 89.4 Å². The molecular formula is C18H27N5O2. The molecule has 2 aromatic rings. The third kappa shape index (κ3) is 4.11. The number of aryl methyl sites for hydroxylation is 2. The average Bonchev–Trinajstić information content (AvgIpc) is 3.02. The minimum atomic E-state index is 0.124. The molecule has 1 atom stereocenters. The predicted molar refractivity (Wildman–Crippen MR) is 97.6 cm³/mol. The first-order valence-corrected chi connectivity index (χ1v) is 8.83. The number of nitrogen functional groups attached to an aromatic ring is 1. The van der Waals surface area contributed by atoms with Crippen molar-refractivity contribution in [2.75, 3.05) is 43.9 Å². The number of aromatic nitrogens is 2. The SMILES string of the molecule is CCc1c(C)nc(N)nc1NC[C@@H](c1ccc(C)o1)N1CCOCC1. The third-order valence-corrected chi connectivity index (χ3v) is 4.62. The third-order valence-electron chi connectivity index (χ3n) is 4.62. The molecule has 0 aliphatic carbocycles. The summed E-state index contributed by atoms with van der Waals surface area (Å²) in [5.41, 5.74) is 7.87. The highest BCUT2D eigenvalue weighted by molar-refractivity contribution is 5.49. The van der Waals surface area contributed by atoms with Crippen LogP contribution < -0.4 is 11.1 Å². The molecule has 1 aliphatic heterocycles. The summed E-state index contributed by atoms with van der Waals surface area (Å²) in [6, 6.07) is 4.18. The quantitative estimate of drug-likeness (QED) is 0.830. The normalized spacial score (nSPS) is 16.8. The van der Waals surface area contributed by atoms with Gasteiger partial charge in [-0.25, -0.2) is 4.98 Å². The fourth-order valence-corrected chi connectivity index (χ4v) is 3.31. The first-order valence-electron chi connectivity index (χ1n) is 8.83. The molecule has 1 saturated heterocycles. The molecule has 3 rings (SSSR count). The number of nitrogens with one attached hydrogen (secondary N) is 1. The fourth-order valence-electron chi connectivity index (χ4n) is 3.31. The van der Waals surface area contributed by atoms with Gasteiger partial charge in [0.25, 0.3) is 0 Å². The zero-order chi connectivity index (χ0) is 17.8. The van der Waals surface area contributed by atoms with E-state index in [-0.39, 0.29) is 6.04 Å². The Bertz CT molecular complexity index is 709. The lowest BCUT2D eigenvalue weighted by Gasteiger charge is -2.33. The Morgan fingerprint density at radius 2 is 2.00 bits per heavy atom. The highest BCUT2D eigenvalue weighted by atomic mass is 16.5. The lowest BCUT2D eigenvalue weighted by Crippen LogP contribution is -2.41. The first kappa shape index (κ1) is 17.7. The molecule has 0 aromatic carbocycles. The van der Waals surface area contributed by atoms with Crippen molar-refractivity contribution in [2.45, 2.75) is 33.2 Å². The van der Waals surface area contributed by atoms with Crippen molar-refractivity contribution < 1.29 is 9.15 Å². The van der Waals surface area contributed by atoms with E-state index < -0.39 is 0 Å². The molecule has 7 nitrogen and oxygen atoms in total. The van der Waals surface area contributed by atoms with Crippen molar-refractivity contribution >= 4 is 11.8 Å². The average molecular weight is 345 g/mol. The number of nitrogens with zero attached hydrogens (tertiary/aromatic N) is 3. The van der Waals surface area contributed by atoms with Crippen LogP contribution in [0.25, 0.3) is 0 Å². The van der Waals surface area contributed by atoms with Crippen molar-refractivity contribution in [1.82, 2.24) is 14.9 Å². The maximum absolute atomic E-state index is 5.91. The molecule has 0 spiro atoms. The number of ether oxygens (including phenoxy) is 1. The Kier molecular flexibility index (Phi) is 5.55. The van der Waals surface area contributed by atoms with Gasteiger partial charge in [0.15, 0.2) is 0 Å². The largest absolute Gasteiger partial charge is 0.465 e. The number of morpholine rings is 1. The Morgan fingerprint density at radius 3 is 2.64 bits per heavy atom. The molecular weight excluding hydrogens is 318 g/mol. The highest BCUT2D eigenvalue weighted by Gasteiger charge is 2.25. The first-order chi connectivity index (χ1) is 12.1. The summed E-state index contributed by atoms with van der Waals surface area (Å²) in [4.78, 5) is 11.1. The molecule has 2 aromatic heterocycles. The summed E-state index contributed by atoms with van der Waals surface area (Å²) in [6.45, 7) is 9.99. The van der Waals surface area contributed by atoms with Crippen LogP contribution in [0.3, 0.4) is 0 Å².